The molecule has 0 saturated heterocycles. The second-order valence-electron chi connectivity index (χ2n) is 8.94. The number of benzene rings is 1. The zero-order valence-electron chi connectivity index (χ0n) is 15.1. The van der Waals surface area contributed by atoms with Crippen molar-refractivity contribution in [1.82, 2.24) is 4.98 Å². The summed E-state index contributed by atoms with van der Waals surface area (Å²) in [5, 5.41) is 23.4. The summed E-state index contributed by atoms with van der Waals surface area (Å²) in [7, 11) is 0. The lowest BCUT2D eigenvalue weighted by Gasteiger charge is -2.63. The van der Waals surface area contributed by atoms with Crippen molar-refractivity contribution in [1.29, 1.82) is 0 Å². The number of H-pyrrole nitrogens is 1. The zero-order valence-corrected chi connectivity index (χ0v) is 15.1. The lowest BCUT2D eigenvalue weighted by atomic mass is 9.43. The van der Waals surface area contributed by atoms with Crippen molar-refractivity contribution in [2.75, 3.05) is 0 Å². The summed E-state index contributed by atoms with van der Waals surface area (Å²) in [6.07, 6.45) is 3.70. The van der Waals surface area contributed by atoms with E-state index in [1.807, 2.05) is 0 Å². The van der Waals surface area contributed by atoms with Crippen molar-refractivity contribution in [3.8, 4) is 0 Å². The smallest absolute Gasteiger partial charge is 0.0941 e. The van der Waals surface area contributed by atoms with Gasteiger partial charge in [0.05, 0.1) is 11.7 Å². The van der Waals surface area contributed by atoms with Gasteiger partial charge in [0, 0.05) is 27.4 Å². The van der Waals surface area contributed by atoms with Gasteiger partial charge in [0.15, 0.2) is 0 Å². The Balaban J connectivity index is 1.76. The SMILES string of the molecule is C=C1C(O)CCC2(C)C1(O)CCC1Cc3c([nH]c4ccccc34)C12C. The minimum Gasteiger partial charge on any atom is -0.389 e. The first-order valence-electron chi connectivity index (χ1n) is 9.53. The van der Waals surface area contributed by atoms with E-state index >= 15 is 0 Å². The van der Waals surface area contributed by atoms with E-state index in [9.17, 15) is 10.2 Å². The molecule has 5 rings (SSSR count). The lowest BCUT2D eigenvalue weighted by Crippen LogP contribution is -2.66. The second kappa shape index (κ2) is 4.57. The van der Waals surface area contributed by atoms with Crippen molar-refractivity contribution >= 4 is 10.9 Å². The molecule has 0 radical (unpaired) electrons. The van der Waals surface area contributed by atoms with Gasteiger partial charge < -0.3 is 15.2 Å². The Labute approximate surface area is 148 Å². The minimum absolute atomic E-state index is 0.128. The van der Waals surface area contributed by atoms with E-state index in [-0.39, 0.29) is 10.8 Å². The van der Waals surface area contributed by atoms with Gasteiger partial charge in [0.1, 0.15) is 0 Å². The highest BCUT2D eigenvalue weighted by atomic mass is 16.3. The number of nitrogens with one attached hydrogen (secondary N) is 1. The monoisotopic (exact) mass is 337 g/mol. The van der Waals surface area contributed by atoms with Crippen molar-refractivity contribution in [3.63, 3.8) is 0 Å². The normalized spacial score (nSPS) is 43.0. The van der Waals surface area contributed by atoms with Gasteiger partial charge in [-0.2, -0.15) is 0 Å². The highest BCUT2D eigenvalue weighted by molar-refractivity contribution is 5.86. The van der Waals surface area contributed by atoms with Crippen LogP contribution in [0.3, 0.4) is 0 Å². The maximum Gasteiger partial charge on any atom is 0.0941 e. The number of aromatic amines is 1. The van der Waals surface area contributed by atoms with Gasteiger partial charge in [-0.3, -0.25) is 0 Å². The van der Waals surface area contributed by atoms with Gasteiger partial charge in [-0.05, 0) is 55.2 Å². The molecule has 3 aliphatic carbocycles. The Hall–Kier alpha value is -1.58. The molecule has 3 heteroatoms. The van der Waals surface area contributed by atoms with E-state index in [0.717, 1.165) is 19.3 Å². The average Bonchev–Trinajstić information content (AvgIpc) is 3.10. The summed E-state index contributed by atoms with van der Waals surface area (Å²) < 4.78 is 0. The van der Waals surface area contributed by atoms with Gasteiger partial charge >= 0.3 is 0 Å². The Morgan fingerprint density at radius 1 is 1.16 bits per heavy atom. The Bertz CT molecular complexity index is 899. The van der Waals surface area contributed by atoms with Crippen molar-refractivity contribution < 1.29 is 10.2 Å². The van der Waals surface area contributed by atoms with E-state index in [2.05, 4.69) is 49.7 Å². The average molecular weight is 337 g/mol. The van der Waals surface area contributed by atoms with Gasteiger partial charge in [0.25, 0.3) is 0 Å². The van der Waals surface area contributed by atoms with Crippen LogP contribution in [0.4, 0.5) is 0 Å². The maximum atomic E-state index is 11.7. The minimum atomic E-state index is -0.991. The lowest BCUT2D eigenvalue weighted by molar-refractivity contribution is -0.168. The molecule has 132 valence electrons. The molecule has 3 aliphatic rings. The van der Waals surface area contributed by atoms with Crippen LogP contribution in [-0.4, -0.2) is 26.9 Å². The zero-order chi connectivity index (χ0) is 17.6. The van der Waals surface area contributed by atoms with Crippen molar-refractivity contribution in [3.05, 3.63) is 47.7 Å². The summed E-state index contributed by atoms with van der Waals surface area (Å²) in [6.45, 7) is 8.70. The van der Waals surface area contributed by atoms with E-state index < -0.39 is 11.7 Å². The third-order valence-electron chi connectivity index (χ3n) is 8.36. The number of para-hydroxylation sites is 1. The van der Waals surface area contributed by atoms with E-state index in [1.165, 1.54) is 22.2 Å². The fourth-order valence-corrected chi connectivity index (χ4v) is 6.57. The van der Waals surface area contributed by atoms with Gasteiger partial charge in [-0.15, -0.1) is 0 Å². The largest absolute Gasteiger partial charge is 0.389 e. The molecule has 0 amide bonds. The molecule has 2 aromatic rings. The molecule has 1 aromatic heterocycles. The Kier molecular flexibility index (Phi) is 2.87. The first kappa shape index (κ1) is 15.7. The second-order valence-corrected chi connectivity index (χ2v) is 8.94. The highest BCUT2D eigenvalue weighted by Gasteiger charge is 2.68. The summed E-state index contributed by atoms with van der Waals surface area (Å²) in [5.74, 6) is 0.534. The molecule has 3 N–H and O–H groups in total. The van der Waals surface area contributed by atoms with Crippen molar-refractivity contribution in [2.24, 2.45) is 11.3 Å². The van der Waals surface area contributed by atoms with E-state index in [1.54, 1.807) is 0 Å². The maximum absolute atomic E-state index is 11.7. The highest BCUT2D eigenvalue weighted by Crippen LogP contribution is 2.68. The number of aliphatic hydroxyl groups is 2. The van der Waals surface area contributed by atoms with Crippen LogP contribution in [0.5, 0.6) is 0 Å². The molecular formula is C22H27NO2. The quantitative estimate of drug-likeness (QED) is 0.640. The fourth-order valence-electron chi connectivity index (χ4n) is 6.57. The third-order valence-corrected chi connectivity index (χ3v) is 8.36. The molecule has 5 atom stereocenters. The Morgan fingerprint density at radius 3 is 2.72 bits per heavy atom. The number of hydrogen-bond acceptors (Lipinski definition) is 2. The fraction of sp³-hybridized carbons (Fsp3) is 0.545. The Morgan fingerprint density at radius 2 is 1.92 bits per heavy atom. The molecule has 1 aromatic carbocycles. The van der Waals surface area contributed by atoms with Crippen LogP contribution in [-0.2, 0) is 11.8 Å². The third kappa shape index (κ3) is 1.56. The number of fused-ring (bicyclic) bond motifs is 7. The molecule has 0 aliphatic heterocycles. The van der Waals surface area contributed by atoms with Crippen LogP contribution >= 0.6 is 0 Å². The van der Waals surface area contributed by atoms with Gasteiger partial charge in [-0.1, -0.05) is 38.6 Å². The van der Waals surface area contributed by atoms with Crippen LogP contribution < -0.4 is 0 Å². The van der Waals surface area contributed by atoms with E-state index in [4.69, 9.17) is 0 Å². The molecule has 1 heterocycles. The van der Waals surface area contributed by atoms with Gasteiger partial charge in [-0.25, -0.2) is 0 Å². The number of aliphatic hydroxyl groups excluding tert-OH is 1. The number of aromatic nitrogens is 1. The number of hydrogen-bond donors (Lipinski definition) is 3. The molecule has 2 saturated carbocycles. The molecule has 3 nitrogen and oxygen atoms in total. The number of rotatable bonds is 0. The van der Waals surface area contributed by atoms with Crippen LogP contribution in [0.2, 0.25) is 0 Å². The topological polar surface area (TPSA) is 56.2 Å². The first-order valence-corrected chi connectivity index (χ1v) is 9.53. The molecule has 25 heavy (non-hydrogen) atoms. The molecule has 0 bridgehead atoms. The molecular weight excluding hydrogens is 310 g/mol. The van der Waals surface area contributed by atoms with Crippen LogP contribution in [0.25, 0.3) is 10.9 Å². The molecule has 5 unspecified atom stereocenters. The summed E-state index contributed by atoms with van der Waals surface area (Å²) in [5.41, 5.74) is 3.14. The summed E-state index contributed by atoms with van der Waals surface area (Å²) in [6, 6.07) is 8.54. The molecule has 2 fully saturated rings. The summed E-state index contributed by atoms with van der Waals surface area (Å²) in [4.78, 5) is 3.71. The van der Waals surface area contributed by atoms with Crippen LogP contribution in [0.1, 0.15) is 50.8 Å². The van der Waals surface area contributed by atoms with Crippen molar-refractivity contribution in [2.45, 2.75) is 63.1 Å². The predicted molar refractivity (Wildman–Crippen MR) is 99.5 cm³/mol. The van der Waals surface area contributed by atoms with E-state index in [0.29, 0.717) is 24.3 Å². The van der Waals surface area contributed by atoms with Crippen LogP contribution in [0.15, 0.2) is 36.4 Å². The molecule has 0 spiro atoms. The summed E-state index contributed by atoms with van der Waals surface area (Å²) >= 11 is 0. The van der Waals surface area contributed by atoms with Gasteiger partial charge in [0.2, 0.25) is 0 Å². The standard InChI is InChI=1S/C22H27NO2/c1-13-18(24)9-10-20(2)21(3)14(8-11-22(13,20)25)12-16-15-6-4-5-7-17(15)23-19(16)21/h4-7,14,18,23-25H,1,8-12H2,2-3H3. The first-order chi connectivity index (χ1) is 11.8. The predicted octanol–water partition coefficient (Wildman–Crippen LogP) is 3.84. The van der Waals surface area contributed by atoms with Crippen LogP contribution in [0, 0.1) is 11.3 Å².